The molecule has 0 aliphatic rings. The summed E-state index contributed by atoms with van der Waals surface area (Å²) in [7, 11) is 0. The largest absolute Gasteiger partial charge is 0.396 e. The molecule has 3 N–H and O–H groups in total. The maximum Gasteiger partial charge on any atom is 0.222 e. The van der Waals surface area contributed by atoms with E-state index in [1.165, 1.54) is 193 Å². The van der Waals surface area contributed by atoms with Crippen molar-refractivity contribution in [3.63, 3.8) is 0 Å². The van der Waals surface area contributed by atoms with Crippen LogP contribution in [-0.2, 0) is 42.4 Å². The van der Waals surface area contributed by atoms with Gasteiger partial charge in [0.05, 0.1) is 6.61 Å². The first kappa shape index (κ1) is 61.7. The molecule has 0 heterocycles. The van der Waals surface area contributed by atoms with Crippen molar-refractivity contribution < 1.29 is 57.9 Å². The van der Waals surface area contributed by atoms with Crippen LogP contribution in [0.4, 0.5) is 0 Å². The minimum atomic E-state index is 0. The Hall–Kier alpha value is 0.374. The zero-order valence-corrected chi connectivity index (χ0v) is 42.0. The summed E-state index contributed by atoms with van der Waals surface area (Å²) in [6.45, 7) is 15.5. The van der Waals surface area contributed by atoms with Crippen LogP contribution < -0.4 is 0 Å². The van der Waals surface area contributed by atoms with E-state index in [-0.39, 0.29) is 32.7 Å². The average Bonchev–Trinajstić information content (AvgIpc) is 3.21. The Labute approximate surface area is 382 Å². The van der Waals surface area contributed by atoms with Gasteiger partial charge in [-0.1, -0.05) is 182 Å². The van der Waals surface area contributed by atoms with Crippen LogP contribution in [0.1, 0.15) is 252 Å². The third-order valence-corrected chi connectivity index (χ3v) is 11.6. The van der Waals surface area contributed by atoms with E-state index in [1.807, 2.05) is 0 Å². The molecular weight excluding hydrogens is 785 g/mol. The van der Waals surface area contributed by atoms with Crippen LogP contribution >= 0.6 is 0 Å². The molecule has 0 aromatic rings. The van der Waals surface area contributed by atoms with E-state index in [2.05, 4.69) is 42.4 Å². The number of unbranched alkanes of at least 4 members (excludes halogenated alkanes) is 26. The summed E-state index contributed by atoms with van der Waals surface area (Å²) in [5.41, 5.74) is 0. The molecule has 0 aromatic carbocycles. The SMILES string of the molecule is CCCCC(CC)COO.CCCCCCCCCCN(CCCCCCCCCC)C(=O)CCCCCCCN(CCCCCO)CCCCCCCCO.[Y]. The molecule has 0 aliphatic carbocycles. The number of nitrogens with zero attached hydrogens (tertiary/aromatic N) is 2. The molecule has 1 atom stereocenters. The van der Waals surface area contributed by atoms with Gasteiger partial charge in [-0.25, -0.2) is 4.89 Å². The van der Waals surface area contributed by atoms with E-state index in [0.29, 0.717) is 31.6 Å². The standard InChI is InChI=1S/C41H84N2O3.C8H18O2.Y/c1-3-5-7-9-11-13-21-29-37-43(38-30-22-14-12-10-8-6-4-2)41(46)33-25-18-17-20-27-35-42(36-28-24-32-40-45)34-26-19-15-16-23-31-39-44;1-3-5-6-8(4-2)7-10-9;/h44-45H,3-40H2,1-2H3;8-9H,3-7H2,1-2H3;. The zero-order chi connectivity index (χ0) is 41.4. The van der Waals surface area contributed by atoms with Crippen LogP contribution in [0.5, 0.6) is 0 Å². The number of hydrogen-bond acceptors (Lipinski definition) is 6. The van der Waals surface area contributed by atoms with Crippen molar-refractivity contribution in [3.05, 3.63) is 0 Å². The Kier molecular flexibility index (Phi) is 58.9. The summed E-state index contributed by atoms with van der Waals surface area (Å²) in [6, 6.07) is 0. The van der Waals surface area contributed by atoms with Crippen LogP contribution in [0, 0.1) is 5.92 Å². The smallest absolute Gasteiger partial charge is 0.222 e. The number of aliphatic hydroxyl groups is 2. The number of aliphatic hydroxyl groups excluding tert-OH is 2. The topological polar surface area (TPSA) is 93.5 Å². The van der Waals surface area contributed by atoms with Crippen molar-refractivity contribution in [1.29, 1.82) is 0 Å². The van der Waals surface area contributed by atoms with E-state index in [0.717, 1.165) is 64.6 Å². The monoisotopic (exact) mass is 888 g/mol. The van der Waals surface area contributed by atoms with Crippen molar-refractivity contribution in [2.45, 2.75) is 252 Å². The molecule has 57 heavy (non-hydrogen) atoms. The second kappa shape index (κ2) is 54.4. The third-order valence-electron chi connectivity index (χ3n) is 11.6. The maximum atomic E-state index is 13.2. The molecule has 0 rings (SSSR count). The summed E-state index contributed by atoms with van der Waals surface area (Å²) >= 11 is 0. The van der Waals surface area contributed by atoms with Gasteiger partial charge in [-0.15, -0.1) is 0 Å². The second-order valence-electron chi connectivity index (χ2n) is 17.0. The normalized spacial score (nSPS) is 11.7. The number of carbonyl (C=O) groups excluding carboxylic acids is 1. The van der Waals surface area contributed by atoms with Crippen LogP contribution in [0.15, 0.2) is 0 Å². The molecule has 8 heteroatoms. The van der Waals surface area contributed by atoms with Gasteiger partial charge < -0.3 is 20.0 Å². The van der Waals surface area contributed by atoms with Gasteiger partial charge in [-0.05, 0) is 89.8 Å². The first-order valence-electron chi connectivity index (χ1n) is 25.0. The molecule has 1 amide bonds. The first-order valence-corrected chi connectivity index (χ1v) is 25.0. The summed E-state index contributed by atoms with van der Waals surface area (Å²) < 4.78 is 0. The third kappa shape index (κ3) is 48.9. The average molecular weight is 888 g/mol. The van der Waals surface area contributed by atoms with Crippen LogP contribution in [0.25, 0.3) is 0 Å². The number of rotatable bonds is 45. The summed E-state index contributed by atoms with van der Waals surface area (Å²) in [6.07, 6.45) is 43.1. The molecule has 0 fully saturated rings. The summed E-state index contributed by atoms with van der Waals surface area (Å²) in [5.74, 6) is 0.959. The molecular formula is C49H102N2O5Y. The van der Waals surface area contributed by atoms with Crippen LogP contribution in [0.2, 0.25) is 0 Å². The van der Waals surface area contributed by atoms with Gasteiger partial charge in [0, 0.05) is 65.4 Å². The predicted molar refractivity (Wildman–Crippen MR) is 244 cm³/mol. The summed E-state index contributed by atoms with van der Waals surface area (Å²) in [4.78, 5) is 22.2. The van der Waals surface area contributed by atoms with Crippen LogP contribution in [0.3, 0.4) is 0 Å². The Balaban J connectivity index is -0.00000231. The Morgan fingerprint density at radius 3 is 1.16 bits per heavy atom. The van der Waals surface area contributed by atoms with Crippen molar-refractivity contribution in [1.82, 2.24) is 9.80 Å². The van der Waals surface area contributed by atoms with Gasteiger partial charge in [-0.2, -0.15) is 0 Å². The van der Waals surface area contributed by atoms with E-state index < -0.39 is 0 Å². The fourth-order valence-corrected chi connectivity index (χ4v) is 7.65. The molecule has 1 unspecified atom stereocenters. The van der Waals surface area contributed by atoms with Crippen molar-refractivity contribution in [2.24, 2.45) is 5.92 Å². The molecule has 1 radical (unpaired) electrons. The van der Waals surface area contributed by atoms with Crippen LogP contribution in [-0.4, -0.2) is 83.7 Å². The van der Waals surface area contributed by atoms with E-state index >= 15 is 0 Å². The van der Waals surface area contributed by atoms with E-state index in [4.69, 9.17) is 15.5 Å². The number of amides is 1. The molecule has 0 aliphatic heterocycles. The van der Waals surface area contributed by atoms with Gasteiger partial charge in [-0.3, -0.25) is 10.1 Å². The number of hydrogen-bond donors (Lipinski definition) is 3. The van der Waals surface area contributed by atoms with Gasteiger partial charge in [0.15, 0.2) is 0 Å². The van der Waals surface area contributed by atoms with E-state index in [9.17, 15) is 4.79 Å². The van der Waals surface area contributed by atoms with Gasteiger partial charge in [0.2, 0.25) is 5.91 Å². The first-order chi connectivity index (χ1) is 27.5. The molecule has 0 aromatic heterocycles. The fraction of sp³-hybridized carbons (Fsp3) is 0.980. The Morgan fingerprint density at radius 1 is 0.456 bits per heavy atom. The summed E-state index contributed by atoms with van der Waals surface area (Å²) in [5, 5.41) is 26.2. The van der Waals surface area contributed by atoms with Gasteiger partial charge in [0.25, 0.3) is 0 Å². The Morgan fingerprint density at radius 2 is 0.789 bits per heavy atom. The number of carbonyl (C=O) groups is 1. The molecule has 7 nitrogen and oxygen atoms in total. The zero-order valence-electron chi connectivity index (χ0n) is 39.1. The van der Waals surface area contributed by atoms with Crippen molar-refractivity contribution in [2.75, 3.05) is 52.5 Å². The minimum absolute atomic E-state index is 0. The second-order valence-corrected chi connectivity index (χ2v) is 17.0. The quantitative estimate of drug-likeness (QED) is 0.0320. The molecule has 0 saturated carbocycles. The van der Waals surface area contributed by atoms with Gasteiger partial charge in [0.1, 0.15) is 0 Å². The Bertz CT molecular complexity index is 714. The molecule has 0 spiro atoms. The maximum absolute atomic E-state index is 13.2. The van der Waals surface area contributed by atoms with E-state index in [1.54, 1.807) is 0 Å². The molecule has 0 saturated heterocycles. The van der Waals surface area contributed by atoms with Crippen molar-refractivity contribution in [3.8, 4) is 0 Å². The van der Waals surface area contributed by atoms with Gasteiger partial charge >= 0.3 is 0 Å². The van der Waals surface area contributed by atoms with Crippen molar-refractivity contribution >= 4 is 5.91 Å². The fourth-order valence-electron chi connectivity index (χ4n) is 7.65. The molecule has 0 bridgehead atoms. The minimum Gasteiger partial charge on any atom is -0.396 e. The predicted octanol–water partition coefficient (Wildman–Crippen LogP) is 13.9. The molecule has 341 valence electrons.